The fraction of sp³-hybridized carbons (Fsp3) is 0.200. The molecule has 1 unspecified atom stereocenters. The Hall–Kier alpha value is -2.90. The summed E-state index contributed by atoms with van der Waals surface area (Å²) >= 11 is 1.61. The van der Waals surface area contributed by atoms with E-state index in [-0.39, 0.29) is 6.10 Å². The third-order valence-electron chi connectivity index (χ3n) is 3.65. The molecule has 0 saturated heterocycles. The van der Waals surface area contributed by atoms with Crippen LogP contribution in [0.1, 0.15) is 22.2 Å². The van der Waals surface area contributed by atoms with Gasteiger partial charge in [-0.2, -0.15) is 11.3 Å². The van der Waals surface area contributed by atoms with Gasteiger partial charge in [-0.1, -0.05) is 36.4 Å². The van der Waals surface area contributed by atoms with Crippen LogP contribution in [0.15, 0.2) is 59.3 Å². The minimum absolute atomic E-state index is 0.183. The van der Waals surface area contributed by atoms with Crippen LogP contribution in [0.5, 0.6) is 5.75 Å². The number of hydrogen-bond donors (Lipinski definition) is 3. The molecule has 0 aliphatic carbocycles. The molecule has 3 N–H and O–H groups in total. The zero-order valence-corrected chi connectivity index (χ0v) is 15.1. The Morgan fingerprint density at radius 1 is 1.15 bits per heavy atom. The maximum Gasteiger partial charge on any atom is 0.414 e. The summed E-state index contributed by atoms with van der Waals surface area (Å²) in [5.74, 6) is -2.83. The molecule has 0 bridgehead atoms. The van der Waals surface area contributed by atoms with Gasteiger partial charge in [-0.05, 0) is 41.8 Å². The number of rotatable bonds is 6. The molecular weight excluding hydrogens is 366 g/mol. The van der Waals surface area contributed by atoms with Crippen LogP contribution in [-0.2, 0) is 9.59 Å². The minimum Gasteiger partial charge on any atom is -0.485 e. The van der Waals surface area contributed by atoms with Gasteiger partial charge in [0.1, 0.15) is 11.9 Å². The highest BCUT2D eigenvalue weighted by Crippen LogP contribution is 2.31. The normalized spacial score (nSPS) is 13.4. The van der Waals surface area contributed by atoms with Crippen molar-refractivity contribution in [2.45, 2.75) is 12.5 Å². The van der Waals surface area contributed by atoms with Crippen LogP contribution < -0.4 is 10.1 Å². The second-order valence-electron chi connectivity index (χ2n) is 5.47. The molecule has 1 aromatic heterocycles. The van der Waals surface area contributed by atoms with Crippen molar-refractivity contribution in [2.24, 2.45) is 0 Å². The topological polar surface area (TPSA) is 95.9 Å². The Labute approximate surface area is 165 Å². The van der Waals surface area contributed by atoms with Crippen molar-refractivity contribution in [3.63, 3.8) is 0 Å². The molecule has 2 aromatic carbocycles. The first-order valence-corrected chi connectivity index (χ1v) is 8.99. The monoisotopic (exact) mass is 390 g/mol. The molecule has 0 spiro atoms. The summed E-state index contributed by atoms with van der Waals surface area (Å²) in [5.41, 5.74) is 1.07. The highest BCUT2D eigenvalue weighted by Gasteiger charge is 2.14. The number of ether oxygens (including phenoxy) is 1. The van der Waals surface area contributed by atoms with Gasteiger partial charge in [0.2, 0.25) is 0 Å². The third-order valence-corrected chi connectivity index (χ3v) is 4.35. The molecule has 3 aromatic rings. The summed E-state index contributed by atoms with van der Waals surface area (Å²) in [6, 6.07) is 16.1. The smallest absolute Gasteiger partial charge is 0.414 e. The zero-order chi connectivity index (χ0) is 22.1. The number of carbonyl (C=O) groups is 2. The summed E-state index contributed by atoms with van der Waals surface area (Å²) in [5, 5.41) is 23.6. The van der Waals surface area contributed by atoms with Crippen molar-refractivity contribution in [1.29, 1.82) is 0 Å². The van der Waals surface area contributed by atoms with E-state index in [4.69, 9.17) is 28.7 Å². The van der Waals surface area contributed by atoms with E-state index in [0.29, 0.717) is 13.0 Å². The van der Waals surface area contributed by atoms with Crippen LogP contribution in [0.2, 0.25) is 0 Å². The van der Waals surface area contributed by atoms with Gasteiger partial charge < -0.3 is 20.3 Å². The molecule has 142 valence electrons. The molecule has 0 fully saturated rings. The van der Waals surface area contributed by atoms with Crippen LogP contribution in [0, 0.1) is 0 Å². The number of fused-ring (bicyclic) bond motifs is 1. The van der Waals surface area contributed by atoms with Gasteiger partial charge in [-0.25, -0.2) is 9.59 Å². The maximum atomic E-state index is 9.10. The molecule has 0 aliphatic rings. The number of hydrogen-bond acceptors (Lipinski definition) is 5. The average molecular weight is 390 g/mol. The lowest BCUT2D eigenvalue weighted by Gasteiger charge is -2.19. The summed E-state index contributed by atoms with van der Waals surface area (Å²) in [6.07, 6.45) is 0.398. The molecular formula is C20H21NO5S. The quantitative estimate of drug-likeness (QED) is 0.554. The lowest BCUT2D eigenvalue weighted by molar-refractivity contribution is -0.159. The molecule has 27 heavy (non-hydrogen) atoms. The van der Waals surface area contributed by atoms with Gasteiger partial charge in [0.15, 0.2) is 0 Å². The maximum absolute atomic E-state index is 9.10. The van der Waals surface area contributed by atoms with Crippen molar-refractivity contribution in [3.05, 3.63) is 64.9 Å². The number of aliphatic carboxylic acids is 2. The Morgan fingerprint density at radius 3 is 2.56 bits per heavy atom. The van der Waals surface area contributed by atoms with E-state index in [1.54, 1.807) is 11.3 Å². The van der Waals surface area contributed by atoms with Crippen LogP contribution in [0.3, 0.4) is 0 Å². The van der Waals surface area contributed by atoms with Gasteiger partial charge in [-0.15, -0.1) is 0 Å². The van der Waals surface area contributed by atoms with Gasteiger partial charge in [0.05, 0.1) is 0 Å². The molecule has 0 aliphatic heterocycles. The summed E-state index contributed by atoms with van der Waals surface area (Å²) in [7, 11) is 0. The molecule has 7 heteroatoms. The minimum atomic E-state index is -2.13. The Bertz CT molecular complexity index is 959. The number of benzene rings is 2. The summed E-state index contributed by atoms with van der Waals surface area (Å²) in [6.45, 7) is -1.76. The lowest BCUT2D eigenvalue weighted by atomic mass is 10.1. The molecule has 1 heterocycles. The van der Waals surface area contributed by atoms with E-state index in [9.17, 15) is 0 Å². The van der Waals surface area contributed by atoms with Crippen LogP contribution >= 0.6 is 11.3 Å². The van der Waals surface area contributed by atoms with E-state index in [1.165, 1.54) is 0 Å². The van der Waals surface area contributed by atoms with E-state index < -0.39 is 18.9 Å². The third kappa shape index (κ3) is 6.09. The first-order valence-electron chi connectivity index (χ1n) is 9.55. The van der Waals surface area contributed by atoms with Crippen LogP contribution in [0.25, 0.3) is 10.8 Å². The van der Waals surface area contributed by atoms with E-state index >= 15 is 0 Å². The van der Waals surface area contributed by atoms with Gasteiger partial charge in [0, 0.05) is 21.5 Å². The first-order chi connectivity index (χ1) is 14.2. The molecule has 6 nitrogen and oxygen atoms in total. The number of carboxylic acids is 2. The largest absolute Gasteiger partial charge is 0.485 e. The Morgan fingerprint density at radius 2 is 1.89 bits per heavy atom. The molecule has 3 rings (SSSR count). The molecule has 1 atom stereocenters. The number of thiophene rings is 1. The van der Waals surface area contributed by atoms with Crippen molar-refractivity contribution in [1.82, 2.24) is 5.32 Å². The molecule has 0 amide bonds. The Balaban J connectivity index is 0.000000469. The fourth-order valence-corrected chi connectivity index (χ4v) is 3.11. The predicted molar refractivity (Wildman–Crippen MR) is 105 cm³/mol. The van der Waals surface area contributed by atoms with Crippen LogP contribution in [0.4, 0.5) is 0 Å². The van der Waals surface area contributed by atoms with E-state index in [0.717, 1.165) is 22.1 Å². The van der Waals surface area contributed by atoms with E-state index in [2.05, 4.69) is 17.4 Å². The van der Waals surface area contributed by atoms with Crippen molar-refractivity contribution in [3.8, 4) is 5.75 Å². The van der Waals surface area contributed by atoms with Gasteiger partial charge in [-0.3, -0.25) is 0 Å². The second kappa shape index (κ2) is 10.3. The molecule has 0 saturated carbocycles. The standard InChI is InChI=1S/C18H19NOS.C2H2O4/c1-19-11-9-17(15-10-12-21-13-15)20-18-8-4-6-14-5-2-3-7-16(14)18;3-1(4)2(5)6/h2-8,10,12-13,17,19H,9,11H2,1H3;(H,3,4)(H,5,6)/i1D3;. The lowest BCUT2D eigenvalue weighted by Crippen LogP contribution is -2.16. The zero-order valence-electron chi connectivity index (χ0n) is 17.3. The summed E-state index contributed by atoms with van der Waals surface area (Å²) in [4.78, 5) is 18.2. The van der Waals surface area contributed by atoms with Crippen molar-refractivity contribution < 1.29 is 28.7 Å². The fourth-order valence-electron chi connectivity index (χ4n) is 2.41. The van der Waals surface area contributed by atoms with Crippen molar-refractivity contribution in [2.75, 3.05) is 13.5 Å². The Kier molecular flexibility index (Phi) is 6.21. The second-order valence-corrected chi connectivity index (χ2v) is 6.25. The SMILES string of the molecule is O=C(O)C(=O)O.[2H]C([2H])([2H])NCCC(Oc1cccc2ccccc12)c1ccsc1. The van der Waals surface area contributed by atoms with E-state index in [1.807, 2.05) is 47.2 Å². The summed E-state index contributed by atoms with van der Waals surface area (Å²) < 4.78 is 28.1. The highest BCUT2D eigenvalue weighted by atomic mass is 32.1. The first kappa shape index (κ1) is 16.3. The van der Waals surface area contributed by atoms with Gasteiger partial charge in [0.25, 0.3) is 0 Å². The highest BCUT2D eigenvalue weighted by molar-refractivity contribution is 7.07. The van der Waals surface area contributed by atoms with Crippen molar-refractivity contribution >= 4 is 34.0 Å². The molecule has 0 radical (unpaired) electrons. The number of nitrogens with one attached hydrogen (secondary N) is 1. The number of carboxylic acid groups (broad SMARTS) is 2. The van der Waals surface area contributed by atoms with Crippen LogP contribution in [-0.4, -0.2) is 35.7 Å². The predicted octanol–water partition coefficient (Wildman–Crippen LogP) is 3.79. The average Bonchev–Trinajstić information content (AvgIpc) is 3.21. The van der Waals surface area contributed by atoms with Gasteiger partial charge >= 0.3 is 11.9 Å².